The molecule has 3 rings (SSSR count). The molecule has 0 aliphatic carbocycles. The maximum Gasteiger partial charge on any atom is 0.258 e. The summed E-state index contributed by atoms with van der Waals surface area (Å²) < 4.78 is 0. The molecule has 3 aromatic rings. The van der Waals surface area contributed by atoms with Crippen LogP contribution in [0.5, 0.6) is 0 Å². The third-order valence-corrected chi connectivity index (χ3v) is 4.66. The maximum atomic E-state index is 12.0. The largest absolute Gasteiger partial charge is 0.309 e. The van der Waals surface area contributed by atoms with Crippen LogP contribution in [0.15, 0.2) is 52.2 Å². The Kier molecular flexibility index (Phi) is 4.19. The standard InChI is InChI=1S/C15H10Cl2N2OS/c16-9-5-6-11(17)13(7-9)21-8-14-18-12-4-2-1-3-10(12)15(20)19-14/h1-7H,8H2,(H,18,19,20). The molecule has 0 bridgehead atoms. The van der Waals surface area contributed by atoms with Gasteiger partial charge in [0, 0.05) is 9.92 Å². The van der Waals surface area contributed by atoms with Crippen molar-refractivity contribution in [2.45, 2.75) is 10.6 Å². The van der Waals surface area contributed by atoms with Gasteiger partial charge in [0.2, 0.25) is 0 Å². The van der Waals surface area contributed by atoms with Gasteiger partial charge in [0.15, 0.2) is 0 Å². The van der Waals surface area contributed by atoms with Crippen LogP contribution in [0.2, 0.25) is 10.0 Å². The van der Waals surface area contributed by atoms with Gasteiger partial charge in [-0.3, -0.25) is 4.79 Å². The molecule has 0 fully saturated rings. The lowest BCUT2D eigenvalue weighted by Crippen LogP contribution is -2.11. The number of nitrogens with zero attached hydrogens (tertiary/aromatic N) is 1. The van der Waals surface area contributed by atoms with Crippen LogP contribution in [0.1, 0.15) is 5.82 Å². The summed E-state index contributed by atoms with van der Waals surface area (Å²) in [7, 11) is 0. The van der Waals surface area contributed by atoms with Crippen LogP contribution in [0, 0.1) is 0 Å². The van der Waals surface area contributed by atoms with Gasteiger partial charge in [-0.05, 0) is 30.3 Å². The molecule has 1 N–H and O–H groups in total. The molecule has 0 radical (unpaired) electrons. The number of H-pyrrole nitrogens is 1. The van der Waals surface area contributed by atoms with Gasteiger partial charge < -0.3 is 4.98 Å². The van der Waals surface area contributed by atoms with Crippen molar-refractivity contribution < 1.29 is 0 Å². The monoisotopic (exact) mass is 336 g/mol. The van der Waals surface area contributed by atoms with Crippen molar-refractivity contribution in [2.24, 2.45) is 0 Å². The molecule has 0 unspecified atom stereocenters. The molecular weight excluding hydrogens is 327 g/mol. The summed E-state index contributed by atoms with van der Waals surface area (Å²) in [6, 6.07) is 12.6. The van der Waals surface area contributed by atoms with Gasteiger partial charge in [-0.2, -0.15) is 0 Å². The van der Waals surface area contributed by atoms with Gasteiger partial charge in [0.25, 0.3) is 5.56 Å². The fourth-order valence-electron chi connectivity index (χ4n) is 1.94. The SMILES string of the molecule is O=c1[nH]c(CSc2cc(Cl)ccc2Cl)nc2ccccc12. The Balaban J connectivity index is 1.88. The Bertz CT molecular complexity index is 864. The molecule has 0 amide bonds. The summed E-state index contributed by atoms with van der Waals surface area (Å²) in [5.41, 5.74) is 0.558. The molecule has 1 aromatic heterocycles. The first-order valence-electron chi connectivity index (χ1n) is 6.19. The Morgan fingerprint density at radius 1 is 1.14 bits per heavy atom. The number of rotatable bonds is 3. The molecule has 0 saturated heterocycles. The number of benzene rings is 2. The van der Waals surface area contributed by atoms with Crippen LogP contribution in [-0.4, -0.2) is 9.97 Å². The first kappa shape index (κ1) is 14.4. The van der Waals surface area contributed by atoms with E-state index in [-0.39, 0.29) is 5.56 Å². The normalized spacial score (nSPS) is 11.0. The fraction of sp³-hybridized carbons (Fsp3) is 0.0667. The number of nitrogens with one attached hydrogen (secondary N) is 1. The first-order valence-corrected chi connectivity index (χ1v) is 7.93. The number of halogens is 2. The third kappa shape index (κ3) is 3.23. The number of hydrogen-bond donors (Lipinski definition) is 1. The highest BCUT2D eigenvalue weighted by Crippen LogP contribution is 2.31. The minimum atomic E-state index is -0.131. The highest BCUT2D eigenvalue weighted by molar-refractivity contribution is 7.98. The number of para-hydroxylation sites is 1. The van der Waals surface area contributed by atoms with Crippen LogP contribution < -0.4 is 5.56 Å². The minimum absolute atomic E-state index is 0.131. The molecule has 1 heterocycles. The molecule has 0 spiro atoms. The number of fused-ring (bicyclic) bond motifs is 1. The lowest BCUT2D eigenvalue weighted by atomic mass is 10.2. The highest BCUT2D eigenvalue weighted by atomic mass is 35.5. The second kappa shape index (κ2) is 6.10. The van der Waals surface area contributed by atoms with E-state index in [0.717, 1.165) is 4.90 Å². The summed E-state index contributed by atoms with van der Waals surface area (Å²) in [6.07, 6.45) is 0. The highest BCUT2D eigenvalue weighted by Gasteiger charge is 2.06. The molecule has 21 heavy (non-hydrogen) atoms. The predicted octanol–water partition coefficient (Wildman–Crippen LogP) is 4.52. The van der Waals surface area contributed by atoms with Crippen LogP contribution in [0.3, 0.4) is 0 Å². The number of aromatic nitrogens is 2. The second-order valence-corrected chi connectivity index (χ2v) is 6.25. The van der Waals surface area contributed by atoms with Gasteiger partial charge in [-0.25, -0.2) is 4.98 Å². The van der Waals surface area contributed by atoms with E-state index in [4.69, 9.17) is 23.2 Å². The number of aromatic amines is 1. The van der Waals surface area contributed by atoms with Crippen molar-refractivity contribution in [3.63, 3.8) is 0 Å². The van der Waals surface area contributed by atoms with E-state index in [2.05, 4.69) is 9.97 Å². The van der Waals surface area contributed by atoms with Gasteiger partial charge in [0.05, 0.1) is 21.7 Å². The van der Waals surface area contributed by atoms with Crippen molar-refractivity contribution in [3.8, 4) is 0 Å². The number of thioether (sulfide) groups is 1. The smallest absolute Gasteiger partial charge is 0.258 e. The summed E-state index contributed by atoms with van der Waals surface area (Å²) in [5, 5.41) is 1.85. The predicted molar refractivity (Wildman–Crippen MR) is 88.4 cm³/mol. The average molecular weight is 337 g/mol. The Morgan fingerprint density at radius 2 is 1.95 bits per heavy atom. The van der Waals surface area contributed by atoms with E-state index in [0.29, 0.717) is 32.5 Å². The summed E-state index contributed by atoms with van der Waals surface area (Å²) >= 11 is 13.6. The number of hydrogen-bond acceptors (Lipinski definition) is 3. The van der Waals surface area contributed by atoms with E-state index in [1.807, 2.05) is 18.2 Å². The Labute approximate surface area is 135 Å². The lowest BCUT2D eigenvalue weighted by Gasteiger charge is -2.05. The molecule has 106 valence electrons. The zero-order valence-electron chi connectivity index (χ0n) is 10.8. The molecular formula is C15H10Cl2N2OS. The second-order valence-electron chi connectivity index (χ2n) is 4.39. The van der Waals surface area contributed by atoms with E-state index >= 15 is 0 Å². The Hall–Kier alpha value is -1.49. The molecule has 0 atom stereocenters. The molecule has 0 aliphatic heterocycles. The molecule has 6 heteroatoms. The van der Waals surface area contributed by atoms with Crippen molar-refractivity contribution in [1.82, 2.24) is 9.97 Å². The Morgan fingerprint density at radius 3 is 2.81 bits per heavy atom. The van der Waals surface area contributed by atoms with E-state index in [9.17, 15) is 4.79 Å². The lowest BCUT2D eigenvalue weighted by molar-refractivity contribution is 1.04. The summed E-state index contributed by atoms with van der Waals surface area (Å²) in [6.45, 7) is 0. The summed E-state index contributed by atoms with van der Waals surface area (Å²) in [5.74, 6) is 1.12. The molecule has 0 aliphatic rings. The minimum Gasteiger partial charge on any atom is -0.309 e. The maximum absolute atomic E-state index is 12.0. The third-order valence-electron chi connectivity index (χ3n) is 2.92. The molecule has 3 nitrogen and oxygen atoms in total. The molecule has 0 saturated carbocycles. The van der Waals surface area contributed by atoms with Gasteiger partial charge >= 0.3 is 0 Å². The van der Waals surface area contributed by atoms with Crippen molar-refractivity contribution in [3.05, 3.63) is 68.7 Å². The fourth-order valence-corrected chi connectivity index (χ4v) is 3.30. The molecule has 2 aromatic carbocycles. The van der Waals surface area contributed by atoms with Gasteiger partial charge in [0.1, 0.15) is 5.82 Å². The van der Waals surface area contributed by atoms with Crippen molar-refractivity contribution in [1.29, 1.82) is 0 Å². The topological polar surface area (TPSA) is 45.8 Å². The zero-order chi connectivity index (χ0) is 14.8. The van der Waals surface area contributed by atoms with Crippen LogP contribution >= 0.6 is 35.0 Å². The van der Waals surface area contributed by atoms with Crippen molar-refractivity contribution >= 4 is 45.9 Å². The van der Waals surface area contributed by atoms with Gasteiger partial charge in [-0.1, -0.05) is 35.3 Å². The van der Waals surface area contributed by atoms with Crippen molar-refractivity contribution in [2.75, 3.05) is 0 Å². The quantitative estimate of drug-likeness (QED) is 0.715. The summed E-state index contributed by atoms with van der Waals surface area (Å²) in [4.78, 5) is 20.1. The first-order chi connectivity index (χ1) is 10.1. The van der Waals surface area contributed by atoms with Crippen LogP contribution in [0.25, 0.3) is 10.9 Å². The van der Waals surface area contributed by atoms with E-state index in [1.54, 1.807) is 24.3 Å². The van der Waals surface area contributed by atoms with Crippen LogP contribution in [-0.2, 0) is 5.75 Å². The van der Waals surface area contributed by atoms with E-state index < -0.39 is 0 Å². The van der Waals surface area contributed by atoms with Gasteiger partial charge in [-0.15, -0.1) is 11.8 Å². The zero-order valence-corrected chi connectivity index (χ0v) is 13.1. The van der Waals surface area contributed by atoms with E-state index in [1.165, 1.54) is 11.8 Å². The average Bonchev–Trinajstić information content (AvgIpc) is 2.48. The van der Waals surface area contributed by atoms with Crippen LogP contribution in [0.4, 0.5) is 0 Å².